The quantitative estimate of drug-likeness (QED) is 0.536. The zero-order valence-electron chi connectivity index (χ0n) is 6.20. The third-order valence-electron chi connectivity index (χ3n) is 1.33. The molecule has 1 amide bonds. The van der Waals surface area contributed by atoms with Gasteiger partial charge in [0, 0.05) is 0 Å². The van der Waals surface area contributed by atoms with Crippen molar-refractivity contribution in [1.29, 1.82) is 0 Å². The summed E-state index contributed by atoms with van der Waals surface area (Å²) >= 11 is 0. The summed E-state index contributed by atoms with van der Waals surface area (Å²) in [6.45, 7) is 0.744. The second-order valence-electron chi connectivity index (χ2n) is 2.17. The lowest BCUT2D eigenvalue weighted by molar-refractivity contribution is -0.116. The summed E-state index contributed by atoms with van der Waals surface area (Å²) in [7, 11) is -4.04. The maximum absolute atomic E-state index is 10.8. The molecule has 0 unspecified atom stereocenters. The largest absolute Gasteiger partial charge is 0.409 e. The first-order chi connectivity index (χ1) is 5.46. The number of aliphatic hydroxyl groups excluding tert-OH is 1. The van der Waals surface area contributed by atoms with Gasteiger partial charge in [-0.05, 0) is 6.92 Å². The van der Waals surface area contributed by atoms with Gasteiger partial charge in [0.1, 0.15) is 6.61 Å². The molecule has 0 radical (unpaired) electrons. The highest BCUT2D eigenvalue weighted by molar-refractivity contribution is 7.85. The second kappa shape index (κ2) is 2.76. The molecule has 1 rings (SSSR count). The minimum Gasteiger partial charge on any atom is -0.388 e. The minimum absolute atomic E-state index is 0.0623. The maximum atomic E-state index is 10.8. The first-order valence-corrected chi connectivity index (χ1v) is 4.44. The Morgan fingerprint density at radius 2 is 2.17 bits per heavy atom. The predicted octanol–water partition coefficient (Wildman–Crippen LogP) is -1.36. The first kappa shape index (κ1) is 9.01. The number of aliphatic hydroxyl groups is 1. The third kappa shape index (κ3) is 1.56. The molecule has 2 N–H and O–H groups in total. The Morgan fingerprint density at radius 1 is 1.58 bits per heavy atom. The lowest BCUT2D eigenvalue weighted by Crippen LogP contribution is -2.38. The molecule has 68 valence electrons. The Bertz CT molecular complexity index is 341. The van der Waals surface area contributed by atoms with Crippen LogP contribution in [-0.2, 0) is 19.3 Å². The average molecular weight is 193 g/mol. The average Bonchev–Trinajstić information content (AvgIpc) is 1.96. The normalized spacial score (nSPS) is 21.7. The van der Waals surface area contributed by atoms with Gasteiger partial charge >= 0.3 is 10.3 Å². The van der Waals surface area contributed by atoms with Crippen LogP contribution in [0.3, 0.4) is 0 Å². The highest BCUT2D eigenvalue weighted by Crippen LogP contribution is 2.13. The van der Waals surface area contributed by atoms with Gasteiger partial charge in [-0.15, -0.1) is 0 Å². The fourth-order valence-corrected chi connectivity index (χ4v) is 1.54. The van der Waals surface area contributed by atoms with E-state index in [1.807, 2.05) is 0 Å². The van der Waals surface area contributed by atoms with E-state index in [9.17, 15) is 13.2 Å². The van der Waals surface area contributed by atoms with Gasteiger partial charge in [0.05, 0.1) is 5.57 Å². The van der Waals surface area contributed by atoms with Crippen molar-refractivity contribution in [2.24, 2.45) is 0 Å². The van der Waals surface area contributed by atoms with E-state index in [1.54, 1.807) is 4.72 Å². The molecule has 0 saturated carbocycles. The molecule has 12 heavy (non-hydrogen) atoms. The highest BCUT2D eigenvalue weighted by atomic mass is 32.2. The van der Waals surface area contributed by atoms with Crippen molar-refractivity contribution in [2.75, 3.05) is 6.61 Å². The molecule has 0 aromatic rings. The van der Waals surface area contributed by atoms with Crippen LogP contribution < -0.4 is 4.72 Å². The van der Waals surface area contributed by atoms with Gasteiger partial charge in [0.2, 0.25) is 0 Å². The van der Waals surface area contributed by atoms with Gasteiger partial charge in [-0.25, -0.2) is 4.72 Å². The van der Waals surface area contributed by atoms with Crippen LogP contribution in [0.25, 0.3) is 0 Å². The summed E-state index contributed by atoms with van der Waals surface area (Å²) in [6, 6.07) is 0. The van der Waals surface area contributed by atoms with Crippen LogP contribution in [0.15, 0.2) is 11.3 Å². The van der Waals surface area contributed by atoms with Gasteiger partial charge in [0.25, 0.3) is 5.91 Å². The van der Waals surface area contributed by atoms with E-state index in [-0.39, 0.29) is 11.3 Å². The van der Waals surface area contributed by atoms with Crippen LogP contribution >= 0.6 is 0 Å². The summed E-state index contributed by atoms with van der Waals surface area (Å²) in [6.07, 6.45) is 0. The zero-order chi connectivity index (χ0) is 9.35. The van der Waals surface area contributed by atoms with Gasteiger partial charge in [0.15, 0.2) is 5.76 Å². The molecular formula is C5H7NO5S. The number of carbonyl (C=O) groups excluding carboxylic acids is 1. The Labute approximate surface area is 69.1 Å². The first-order valence-electron chi connectivity index (χ1n) is 3.03. The summed E-state index contributed by atoms with van der Waals surface area (Å²) < 4.78 is 27.2. The van der Waals surface area contributed by atoms with E-state index in [1.165, 1.54) is 6.92 Å². The zero-order valence-corrected chi connectivity index (χ0v) is 7.01. The van der Waals surface area contributed by atoms with Gasteiger partial charge in [-0.2, -0.15) is 8.42 Å². The second-order valence-corrected chi connectivity index (χ2v) is 3.45. The summed E-state index contributed by atoms with van der Waals surface area (Å²) in [5.41, 5.74) is 0.0623. The van der Waals surface area contributed by atoms with Crippen LogP contribution in [0, 0.1) is 0 Å². The lowest BCUT2D eigenvalue weighted by Gasteiger charge is -2.16. The Hall–Kier alpha value is -1.08. The van der Waals surface area contributed by atoms with Crippen molar-refractivity contribution in [3.8, 4) is 0 Å². The van der Waals surface area contributed by atoms with E-state index in [4.69, 9.17) is 5.11 Å². The minimum atomic E-state index is -4.04. The molecular weight excluding hydrogens is 186 g/mol. The van der Waals surface area contributed by atoms with Crippen LogP contribution in [0.5, 0.6) is 0 Å². The van der Waals surface area contributed by atoms with Gasteiger partial charge in [-0.1, -0.05) is 0 Å². The SMILES string of the molecule is CC1=C(CO)OS(=O)(=O)NC1=O. The number of nitrogens with one attached hydrogen (secondary N) is 1. The van der Waals surface area contributed by atoms with Gasteiger partial charge < -0.3 is 9.29 Å². The molecule has 1 aliphatic rings. The highest BCUT2D eigenvalue weighted by Gasteiger charge is 2.27. The smallest absolute Gasteiger partial charge is 0.388 e. The molecule has 0 aromatic heterocycles. The van der Waals surface area contributed by atoms with Crippen molar-refractivity contribution in [3.63, 3.8) is 0 Å². The fourth-order valence-electron chi connectivity index (χ4n) is 0.677. The summed E-state index contributed by atoms with van der Waals surface area (Å²) in [5, 5.41) is 8.58. The van der Waals surface area contributed by atoms with E-state index in [0.29, 0.717) is 0 Å². The van der Waals surface area contributed by atoms with Crippen LogP contribution in [0.2, 0.25) is 0 Å². The van der Waals surface area contributed by atoms with Crippen molar-refractivity contribution in [1.82, 2.24) is 4.72 Å². The van der Waals surface area contributed by atoms with Gasteiger partial charge in [-0.3, -0.25) is 4.79 Å². The van der Waals surface area contributed by atoms with E-state index in [2.05, 4.69) is 4.18 Å². The molecule has 0 fully saturated rings. The summed E-state index contributed by atoms with van der Waals surface area (Å²) in [4.78, 5) is 10.8. The molecule has 0 bridgehead atoms. The molecule has 7 heteroatoms. The molecule has 1 heterocycles. The number of amides is 1. The van der Waals surface area contributed by atoms with Crippen molar-refractivity contribution in [3.05, 3.63) is 11.3 Å². The number of hydrogen-bond donors (Lipinski definition) is 2. The van der Waals surface area contributed by atoms with Crippen molar-refractivity contribution >= 4 is 16.2 Å². The maximum Gasteiger partial charge on any atom is 0.409 e. The molecule has 0 spiro atoms. The van der Waals surface area contributed by atoms with E-state index in [0.717, 1.165) is 0 Å². The topological polar surface area (TPSA) is 92.7 Å². The molecule has 1 aliphatic heterocycles. The Morgan fingerprint density at radius 3 is 2.67 bits per heavy atom. The standard InChI is InChI=1S/C5H7NO5S/c1-3-4(2-7)11-12(9,10)6-5(3)8/h7H,2H2,1H3,(H,6,8). The summed E-state index contributed by atoms with van der Waals surface area (Å²) in [5.74, 6) is -1.01. The van der Waals surface area contributed by atoms with E-state index < -0.39 is 22.8 Å². The monoisotopic (exact) mass is 193 g/mol. The van der Waals surface area contributed by atoms with Crippen molar-refractivity contribution in [2.45, 2.75) is 6.92 Å². The van der Waals surface area contributed by atoms with Crippen LogP contribution in [0.1, 0.15) is 6.92 Å². The van der Waals surface area contributed by atoms with Crippen LogP contribution in [-0.4, -0.2) is 26.0 Å². The molecule has 0 saturated heterocycles. The number of rotatable bonds is 1. The third-order valence-corrected chi connectivity index (χ3v) is 2.19. The van der Waals surface area contributed by atoms with Crippen LogP contribution in [0.4, 0.5) is 0 Å². The molecule has 0 aromatic carbocycles. The lowest BCUT2D eigenvalue weighted by atomic mass is 10.2. The molecule has 6 nitrogen and oxygen atoms in total. The predicted molar refractivity (Wildman–Crippen MR) is 37.9 cm³/mol. The Kier molecular flexibility index (Phi) is 2.07. The number of hydrogen-bond acceptors (Lipinski definition) is 5. The van der Waals surface area contributed by atoms with Crippen molar-refractivity contribution < 1.29 is 22.5 Å². The fraction of sp³-hybridized carbons (Fsp3) is 0.400. The number of carbonyl (C=O) groups is 1. The Balaban J connectivity index is 3.12. The van der Waals surface area contributed by atoms with E-state index >= 15 is 0 Å². The molecule has 0 aliphatic carbocycles. The molecule has 0 atom stereocenters.